The molecule has 0 saturated heterocycles. The maximum absolute atomic E-state index is 8.91. The lowest BCUT2D eigenvalue weighted by molar-refractivity contribution is 0.265. The molecule has 0 amide bonds. The fourth-order valence-corrected chi connectivity index (χ4v) is 2.46. The van der Waals surface area contributed by atoms with Crippen molar-refractivity contribution in [3.05, 3.63) is 53.2 Å². The van der Waals surface area contributed by atoms with E-state index in [1.54, 1.807) is 18.0 Å². The minimum atomic E-state index is -0.225. The van der Waals surface area contributed by atoms with Crippen molar-refractivity contribution < 1.29 is 5.11 Å². The zero-order valence-electron chi connectivity index (χ0n) is 10.7. The van der Waals surface area contributed by atoms with Crippen LogP contribution in [0.5, 0.6) is 0 Å². The van der Waals surface area contributed by atoms with E-state index in [-0.39, 0.29) is 25.1 Å². The van der Waals surface area contributed by atoms with E-state index in [4.69, 9.17) is 22.4 Å². The molecule has 0 aliphatic carbocycles. The van der Waals surface area contributed by atoms with Crippen LogP contribution in [0.4, 0.5) is 0 Å². The molecule has 1 aromatic carbocycles. The summed E-state index contributed by atoms with van der Waals surface area (Å²) in [7, 11) is 0. The maximum Gasteiger partial charge on any atom is 0.101 e. The lowest BCUT2D eigenvalue weighted by Gasteiger charge is -2.08. The van der Waals surface area contributed by atoms with Crippen LogP contribution in [0, 0.1) is 0 Å². The normalized spacial score (nSPS) is 11.8. The van der Waals surface area contributed by atoms with Crippen molar-refractivity contribution in [3.63, 3.8) is 0 Å². The molecule has 20 heavy (non-hydrogen) atoms. The molecule has 108 valence electrons. The summed E-state index contributed by atoms with van der Waals surface area (Å²) in [6.07, 6.45) is 2.43. The molecule has 6 heteroatoms. The third-order valence-corrected chi connectivity index (χ3v) is 3.78. The second-order valence-corrected chi connectivity index (χ2v) is 5.74. The van der Waals surface area contributed by atoms with Crippen LogP contribution in [0.1, 0.15) is 5.56 Å². The van der Waals surface area contributed by atoms with Crippen molar-refractivity contribution >= 4 is 35.8 Å². The number of aromatic nitrogens is 1. The highest BCUT2D eigenvalue weighted by Crippen LogP contribution is 2.27. The van der Waals surface area contributed by atoms with Crippen LogP contribution in [-0.2, 0) is 6.42 Å². The number of aliphatic hydroxyl groups is 1. The first-order valence-electron chi connectivity index (χ1n) is 5.92. The summed E-state index contributed by atoms with van der Waals surface area (Å²) in [6.45, 7) is -0.0126. The molecule has 1 atom stereocenters. The molecular formula is C14H16Cl2N2OS. The summed E-state index contributed by atoms with van der Waals surface area (Å²) in [5.41, 5.74) is 6.71. The predicted molar refractivity (Wildman–Crippen MR) is 85.8 cm³/mol. The van der Waals surface area contributed by atoms with Gasteiger partial charge in [-0.1, -0.05) is 29.4 Å². The number of hydrogen-bond donors (Lipinski definition) is 2. The summed E-state index contributed by atoms with van der Waals surface area (Å²) in [5.74, 6) is 0. The highest BCUT2D eigenvalue weighted by molar-refractivity contribution is 7.99. The van der Waals surface area contributed by atoms with Crippen molar-refractivity contribution in [1.29, 1.82) is 0 Å². The van der Waals surface area contributed by atoms with Gasteiger partial charge in [0.1, 0.15) is 5.03 Å². The molecule has 0 aliphatic rings. The lowest BCUT2D eigenvalue weighted by Crippen LogP contribution is -2.26. The monoisotopic (exact) mass is 330 g/mol. The van der Waals surface area contributed by atoms with Gasteiger partial charge >= 0.3 is 0 Å². The SMILES string of the molecule is Cl.NC(CO)Cc1ccc(Sc2ccc(Cl)cc2)nc1. The standard InChI is InChI=1S/C14H15ClN2OS.ClH/c15-11-2-4-13(5-3-11)19-14-6-1-10(8-17-14)7-12(16)9-18;/h1-6,8,12,18H,7,9,16H2;1H. The van der Waals surface area contributed by atoms with Gasteiger partial charge in [-0.3, -0.25) is 0 Å². The molecule has 1 aromatic heterocycles. The number of halogens is 2. The van der Waals surface area contributed by atoms with Crippen LogP contribution in [0.15, 0.2) is 52.5 Å². The number of rotatable bonds is 5. The van der Waals surface area contributed by atoms with Gasteiger partial charge in [0.15, 0.2) is 0 Å². The number of benzene rings is 1. The molecule has 0 fully saturated rings. The minimum Gasteiger partial charge on any atom is -0.395 e. The minimum absolute atomic E-state index is 0. The smallest absolute Gasteiger partial charge is 0.101 e. The van der Waals surface area contributed by atoms with E-state index < -0.39 is 0 Å². The number of pyridine rings is 1. The van der Waals surface area contributed by atoms with Crippen LogP contribution in [0.3, 0.4) is 0 Å². The Morgan fingerprint density at radius 3 is 2.45 bits per heavy atom. The Kier molecular flexibility index (Phi) is 7.34. The van der Waals surface area contributed by atoms with Gasteiger partial charge in [-0.15, -0.1) is 12.4 Å². The van der Waals surface area contributed by atoms with E-state index >= 15 is 0 Å². The van der Waals surface area contributed by atoms with Crippen LogP contribution < -0.4 is 5.73 Å². The Morgan fingerprint density at radius 2 is 1.90 bits per heavy atom. The molecule has 0 spiro atoms. The van der Waals surface area contributed by atoms with Crippen LogP contribution in [0.2, 0.25) is 5.02 Å². The average molecular weight is 331 g/mol. The van der Waals surface area contributed by atoms with E-state index in [1.165, 1.54) is 0 Å². The molecule has 0 aliphatic heterocycles. The van der Waals surface area contributed by atoms with Crippen molar-refractivity contribution in [3.8, 4) is 0 Å². The first kappa shape index (κ1) is 17.3. The van der Waals surface area contributed by atoms with E-state index in [9.17, 15) is 0 Å². The first-order chi connectivity index (χ1) is 9.17. The summed E-state index contributed by atoms with van der Waals surface area (Å²) in [4.78, 5) is 5.47. The zero-order chi connectivity index (χ0) is 13.7. The van der Waals surface area contributed by atoms with Gasteiger partial charge in [0.25, 0.3) is 0 Å². The molecule has 2 aromatic rings. The Bertz CT molecular complexity index is 520. The molecule has 1 unspecified atom stereocenters. The summed E-state index contributed by atoms with van der Waals surface area (Å²) >= 11 is 7.42. The number of hydrogen-bond acceptors (Lipinski definition) is 4. The number of aliphatic hydroxyl groups excluding tert-OH is 1. The topological polar surface area (TPSA) is 59.1 Å². The summed E-state index contributed by atoms with van der Waals surface area (Å²) < 4.78 is 0. The van der Waals surface area contributed by atoms with Gasteiger partial charge in [-0.05, 0) is 42.3 Å². The Balaban J connectivity index is 0.00000200. The van der Waals surface area contributed by atoms with E-state index in [2.05, 4.69) is 4.98 Å². The Hall–Kier alpha value is -0.780. The van der Waals surface area contributed by atoms with Gasteiger partial charge in [0.2, 0.25) is 0 Å². The molecule has 0 radical (unpaired) electrons. The van der Waals surface area contributed by atoms with Crippen LogP contribution in [-0.4, -0.2) is 22.7 Å². The highest BCUT2D eigenvalue weighted by atomic mass is 35.5. The predicted octanol–water partition coefficient (Wildman–Crippen LogP) is 3.17. The van der Waals surface area contributed by atoms with Crippen molar-refractivity contribution in [2.75, 3.05) is 6.61 Å². The van der Waals surface area contributed by atoms with Crippen molar-refractivity contribution in [2.45, 2.75) is 22.4 Å². The Morgan fingerprint density at radius 1 is 1.20 bits per heavy atom. The molecular weight excluding hydrogens is 315 g/mol. The molecule has 2 rings (SSSR count). The molecule has 0 saturated carbocycles. The largest absolute Gasteiger partial charge is 0.395 e. The van der Waals surface area contributed by atoms with Gasteiger partial charge in [0.05, 0.1) is 6.61 Å². The molecule has 3 N–H and O–H groups in total. The summed E-state index contributed by atoms with van der Waals surface area (Å²) in [5, 5.41) is 10.6. The van der Waals surface area contributed by atoms with Gasteiger partial charge < -0.3 is 10.8 Å². The van der Waals surface area contributed by atoms with E-state index in [0.717, 1.165) is 20.5 Å². The van der Waals surface area contributed by atoms with Gasteiger partial charge in [0, 0.05) is 22.2 Å². The second-order valence-electron chi connectivity index (χ2n) is 4.21. The summed E-state index contributed by atoms with van der Waals surface area (Å²) in [6, 6.07) is 11.4. The van der Waals surface area contributed by atoms with E-state index in [1.807, 2.05) is 36.4 Å². The van der Waals surface area contributed by atoms with Crippen molar-refractivity contribution in [1.82, 2.24) is 4.98 Å². The lowest BCUT2D eigenvalue weighted by atomic mass is 10.1. The van der Waals surface area contributed by atoms with Crippen LogP contribution >= 0.6 is 35.8 Å². The van der Waals surface area contributed by atoms with Crippen molar-refractivity contribution in [2.24, 2.45) is 5.73 Å². The third-order valence-electron chi connectivity index (χ3n) is 2.57. The zero-order valence-corrected chi connectivity index (χ0v) is 13.1. The third kappa shape index (κ3) is 5.31. The number of nitrogens with zero attached hydrogens (tertiary/aromatic N) is 1. The van der Waals surface area contributed by atoms with Gasteiger partial charge in [-0.25, -0.2) is 4.98 Å². The average Bonchev–Trinajstić information content (AvgIpc) is 2.43. The second kappa shape index (κ2) is 8.49. The molecule has 0 bridgehead atoms. The fourth-order valence-electron chi connectivity index (χ4n) is 1.58. The first-order valence-corrected chi connectivity index (χ1v) is 7.11. The molecule has 3 nitrogen and oxygen atoms in total. The molecule has 1 heterocycles. The number of nitrogens with two attached hydrogens (primary N) is 1. The maximum atomic E-state index is 8.91. The highest BCUT2D eigenvalue weighted by Gasteiger charge is 2.04. The quantitative estimate of drug-likeness (QED) is 0.883. The Labute approximate surface area is 134 Å². The van der Waals surface area contributed by atoms with Crippen LogP contribution in [0.25, 0.3) is 0 Å². The fraction of sp³-hybridized carbons (Fsp3) is 0.214. The van der Waals surface area contributed by atoms with Gasteiger partial charge in [-0.2, -0.15) is 0 Å². The van der Waals surface area contributed by atoms with E-state index in [0.29, 0.717) is 6.42 Å².